The zero-order valence-corrected chi connectivity index (χ0v) is 15.3. The SMILES string of the molecule is CC[As](CC)C1c2ccccc2-c2[nH]c(=O)c3ccccc3c21. The van der Waals surface area contributed by atoms with E-state index in [0.717, 1.165) is 16.5 Å². The molecule has 3 heteroatoms. The van der Waals surface area contributed by atoms with Gasteiger partial charge in [-0.1, -0.05) is 0 Å². The Morgan fingerprint density at radius 3 is 2.35 bits per heavy atom. The van der Waals surface area contributed by atoms with E-state index in [-0.39, 0.29) is 5.56 Å². The fourth-order valence-electron chi connectivity index (χ4n) is 3.88. The Bertz CT molecular complexity index is 940. The zero-order chi connectivity index (χ0) is 16.0. The Hall–Kier alpha value is -1.79. The molecule has 0 saturated carbocycles. The van der Waals surface area contributed by atoms with Gasteiger partial charge in [0.15, 0.2) is 0 Å². The van der Waals surface area contributed by atoms with E-state index >= 15 is 0 Å². The number of benzene rings is 2. The quantitative estimate of drug-likeness (QED) is 0.670. The predicted molar refractivity (Wildman–Crippen MR) is 98.6 cm³/mol. The van der Waals surface area contributed by atoms with Crippen LogP contribution in [0.5, 0.6) is 0 Å². The van der Waals surface area contributed by atoms with Crippen molar-refractivity contribution in [3.63, 3.8) is 0 Å². The molecular formula is C20H20AsNO. The molecule has 23 heavy (non-hydrogen) atoms. The molecule has 1 heterocycles. The van der Waals surface area contributed by atoms with E-state index in [1.165, 1.54) is 27.1 Å². The van der Waals surface area contributed by atoms with E-state index in [2.05, 4.69) is 55.2 Å². The number of fused-ring (bicyclic) bond motifs is 5. The predicted octanol–water partition coefficient (Wildman–Crippen LogP) is 4.71. The van der Waals surface area contributed by atoms with Crippen LogP contribution in [0.2, 0.25) is 10.4 Å². The van der Waals surface area contributed by atoms with Crippen LogP contribution in [0, 0.1) is 0 Å². The van der Waals surface area contributed by atoms with Gasteiger partial charge in [0.25, 0.3) is 0 Å². The number of pyridine rings is 1. The summed E-state index contributed by atoms with van der Waals surface area (Å²) in [5.74, 6) is 0. The number of hydrogen-bond acceptors (Lipinski definition) is 1. The van der Waals surface area contributed by atoms with Crippen LogP contribution in [0.1, 0.15) is 29.7 Å². The van der Waals surface area contributed by atoms with Crippen molar-refractivity contribution in [1.82, 2.24) is 4.98 Å². The summed E-state index contributed by atoms with van der Waals surface area (Å²) in [6, 6.07) is 16.7. The van der Waals surface area contributed by atoms with Crippen LogP contribution < -0.4 is 5.56 Å². The van der Waals surface area contributed by atoms with Crippen molar-refractivity contribution in [1.29, 1.82) is 0 Å². The molecule has 1 aliphatic carbocycles. The van der Waals surface area contributed by atoms with Gasteiger partial charge in [-0.05, 0) is 0 Å². The summed E-state index contributed by atoms with van der Waals surface area (Å²) in [5.41, 5.74) is 5.14. The van der Waals surface area contributed by atoms with E-state index in [4.69, 9.17) is 0 Å². The summed E-state index contributed by atoms with van der Waals surface area (Å²) in [5, 5.41) is 4.55. The molecule has 1 aromatic heterocycles. The van der Waals surface area contributed by atoms with Crippen LogP contribution in [0.25, 0.3) is 22.0 Å². The third-order valence-corrected chi connectivity index (χ3v) is 11.0. The molecule has 0 fully saturated rings. The maximum atomic E-state index is 12.5. The fraction of sp³-hybridized carbons (Fsp3) is 0.250. The van der Waals surface area contributed by atoms with E-state index in [1.54, 1.807) is 0 Å². The average Bonchev–Trinajstić information content (AvgIpc) is 2.92. The number of aromatic nitrogens is 1. The Morgan fingerprint density at radius 1 is 0.957 bits per heavy atom. The molecule has 3 aromatic rings. The summed E-state index contributed by atoms with van der Waals surface area (Å²) in [6.07, 6.45) is 0. The van der Waals surface area contributed by atoms with Crippen molar-refractivity contribution in [3.05, 3.63) is 70.0 Å². The molecular weight excluding hydrogens is 345 g/mol. The van der Waals surface area contributed by atoms with E-state index in [9.17, 15) is 4.79 Å². The summed E-state index contributed by atoms with van der Waals surface area (Å²) in [7, 11) is 0. The molecule has 1 atom stereocenters. The third kappa shape index (κ3) is 2.12. The molecule has 0 bridgehead atoms. The molecule has 0 spiro atoms. The zero-order valence-electron chi connectivity index (χ0n) is 13.5. The number of H-pyrrole nitrogens is 1. The van der Waals surface area contributed by atoms with Crippen LogP contribution in [-0.2, 0) is 0 Å². The summed E-state index contributed by atoms with van der Waals surface area (Å²) in [4.78, 5) is 15.7. The Kier molecular flexibility index (Phi) is 3.65. The molecule has 116 valence electrons. The molecule has 0 saturated heterocycles. The first-order valence-corrected chi connectivity index (χ1v) is 12.0. The van der Waals surface area contributed by atoms with Crippen molar-refractivity contribution in [2.45, 2.75) is 29.0 Å². The Labute approximate surface area is 140 Å². The first kappa shape index (κ1) is 14.8. The van der Waals surface area contributed by atoms with Crippen LogP contribution >= 0.6 is 0 Å². The topological polar surface area (TPSA) is 32.9 Å². The molecule has 0 radical (unpaired) electrons. The molecule has 2 nitrogen and oxygen atoms in total. The number of nitrogens with one attached hydrogen (secondary N) is 1. The Morgan fingerprint density at radius 2 is 1.61 bits per heavy atom. The van der Waals surface area contributed by atoms with Gasteiger partial charge in [-0.15, -0.1) is 0 Å². The van der Waals surface area contributed by atoms with Gasteiger partial charge in [-0.2, -0.15) is 0 Å². The van der Waals surface area contributed by atoms with Crippen molar-refractivity contribution in [3.8, 4) is 11.3 Å². The van der Waals surface area contributed by atoms with Gasteiger partial charge < -0.3 is 0 Å². The first-order chi connectivity index (χ1) is 11.3. The number of rotatable bonds is 3. The molecule has 1 N–H and O–H groups in total. The van der Waals surface area contributed by atoms with E-state index in [1.807, 2.05) is 12.1 Å². The molecule has 1 unspecified atom stereocenters. The Balaban J connectivity index is 2.12. The molecule has 4 rings (SSSR count). The second kappa shape index (κ2) is 5.69. The standard InChI is InChI=1S/C20H20AsNO/c1-3-21(4-2)18-14-10-6-7-11-15(14)19-17(18)13-9-5-8-12-16(13)20(23)22-19/h5-12,18H,3-4H2,1-2H3,(H,22,23). The summed E-state index contributed by atoms with van der Waals surface area (Å²) >= 11 is -1.04. The van der Waals surface area contributed by atoms with Crippen LogP contribution in [0.4, 0.5) is 0 Å². The van der Waals surface area contributed by atoms with Crippen molar-refractivity contribution < 1.29 is 0 Å². The minimum absolute atomic E-state index is 0.0295. The van der Waals surface area contributed by atoms with Gasteiger partial charge >= 0.3 is 141 Å². The first-order valence-electron chi connectivity index (χ1n) is 8.24. The molecule has 0 amide bonds. The maximum absolute atomic E-state index is 12.5. The summed E-state index contributed by atoms with van der Waals surface area (Å²) < 4.78 is 0.519. The van der Waals surface area contributed by atoms with Crippen molar-refractivity contribution in [2.75, 3.05) is 0 Å². The van der Waals surface area contributed by atoms with Crippen molar-refractivity contribution in [2.24, 2.45) is 0 Å². The van der Waals surface area contributed by atoms with Crippen LogP contribution in [-0.4, -0.2) is 19.6 Å². The van der Waals surface area contributed by atoms with Gasteiger partial charge in [-0.3, -0.25) is 0 Å². The van der Waals surface area contributed by atoms with Crippen molar-refractivity contribution >= 4 is 25.4 Å². The molecule has 0 aliphatic heterocycles. The van der Waals surface area contributed by atoms with Crippen LogP contribution in [0.3, 0.4) is 0 Å². The van der Waals surface area contributed by atoms with Gasteiger partial charge in [0.2, 0.25) is 0 Å². The summed E-state index contributed by atoms with van der Waals surface area (Å²) in [6.45, 7) is 4.66. The average molecular weight is 365 g/mol. The van der Waals surface area contributed by atoms with E-state index in [0.29, 0.717) is 4.71 Å². The van der Waals surface area contributed by atoms with Crippen LogP contribution in [0.15, 0.2) is 53.3 Å². The minimum atomic E-state index is -1.04. The second-order valence-corrected chi connectivity index (χ2v) is 12.2. The normalized spacial score (nSPS) is 15.9. The third-order valence-electron chi connectivity index (χ3n) is 4.95. The van der Waals surface area contributed by atoms with E-state index < -0.39 is 14.7 Å². The van der Waals surface area contributed by atoms with Gasteiger partial charge in [0, 0.05) is 0 Å². The van der Waals surface area contributed by atoms with Gasteiger partial charge in [0.05, 0.1) is 0 Å². The second-order valence-electron chi connectivity index (χ2n) is 6.00. The number of aromatic amines is 1. The molecule has 2 aromatic carbocycles. The molecule has 1 aliphatic rings. The van der Waals surface area contributed by atoms with Gasteiger partial charge in [0.1, 0.15) is 0 Å². The fourth-order valence-corrected chi connectivity index (χ4v) is 8.98. The van der Waals surface area contributed by atoms with Gasteiger partial charge in [-0.25, -0.2) is 0 Å². The monoisotopic (exact) mass is 365 g/mol. The number of hydrogen-bond donors (Lipinski definition) is 1.